The van der Waals surface area contributed by atoms with Crippen molar-refractivity contribution in [1.29, 1.82) is 0 Å². The Kier molecular flexibility index (Phi) is 2.65. The van der Waals surface area contributed by atoms with Gasteiger partial charge in [0, 0.05) is 25.0 Å². The highest BCUT2D eigenvalue weighted by atomic mass is 15.1. The molecule has 0 amide bonds. The summed E-state index contributed by atoms with van der Waals surface area (Å²) in [5.74, 6) is 0.956. The standard InChI is InChI=1S/C13H16N4/c1-10-3-2-6-14-13(10)17-8-12(16-9-17)7-15-11-4-5-11/h2-3,6,8-9,11,15H,4-5,7H2,1H3. The summed E-state index contributed by atoms with van der Waals surface area (Å²) in [6, 6.07) is 4.73. The van der Waals surface area contributed by atoms with Crippen molar-refractivity contribution in [2.45, 2.75) is 32.4 Å². The number of nitrogens with one attached hydrogen (secondary N) is 1. The third kappa shape index (κ3) is 2.36. The molecule has 4 heteroatoms. The van der Waals surface area contributed by atoms with Gasteiger partial charge in [-0.2, -0.15) is 0 Å². The molecule has 0 spiro atoms. The van der Waals surface area contributed by atoms with Crippen LogP contribution >= 0.6 is 0 Å². The first-order valence-corrected chi connectivity index (χ1v) is 6.01. The Labute approximate surface area is 101 Å². The lowest BCUT2D eigenvalue weighted by atomic mass is 10.3. The van der Waals surface area contributed by atoms with Crippen LogP contribution in [0.2, 0.25) is 0 Å². The van der Waals surface area contributed by atoms with Gasteiger partial charge in [-0.1, -0.05) is 6.07 Å². The average molecular weight is 228 g/mol. The zero-order chi connectivity index (χ0) is 11.7. The maximum absolute atomic E-state index is 4.39. The summed E-state index contributed by atoms with van der Waals surface area (Å²) in [7, 11) is 0. The molecule has 3 rings (SSSR count). The number of aryl methyl sites for hydroxylation is 1. The summed E-state index contributed by atoms with van der Waals surface area (Å²) < 4.78 is 1.99. The highest BCUT2D eigenvalue weighted by Gasteiger charge is 2.20. The minimum absolute atomic E-state index is 0.719. The number of hydrogen-bond acceptors (Lipinski definition) is 3. The molecule has 0 aliphatic heterocycles. The molecule has 0 aromatic carbocycles. The van der Waals surface area contributed by atoms with Gasteiger partial charge >= 0.3 is 0 Å². The molecule has 2 heterocycles. The summed E-state index contributed by atoms with van der Waals surface area (Å²) in [5, 5.41) is 3.46. The number of hydrogen-bond donors (Lipinski definition) is 1. The van der Waals surface area contributed by atoms with E-state index in [1.165, 1.54) is 12.8 Å². The molecule has 88 valence electrons. The molecule has 2 aromatic heterocycles. The van der Waals surface area contributed by atoms with E-state index in [1.807, 2.05) is 29.4 Å². The van der Waals surface area contributed by atoms with Crippen molar-refractivity contribution >= 4 is 0 Å². The summed E-state index contributed by atoms with van der Waals surface area (Å²) in [6.45, 7) is 2.91. The quantitative estimate of drug-likeness (QED) is 0.868. The van der Waals surface area contributed by atoms with Crippen molar-refractivity contribution in [2.75, 3.05) is 0 Å². The first kappa shape index (κ1) is 10.5. The van der Waals surface area contributed by atoms with E-state index in [0.717, 1.165) is 29.7 Å². The van der Waals surface area contributed by atoms with Crippen molar-refractivity contribution < 1.29 is 0 Å². The summed E-state index contributed by atoms with van der Waals surface area (Å²) >= 11 is 0. The Morgan fingerprint density at radius 3 is 3.06 bits per heavy atom. The fourth-order valence-electron chi connectivity index (χ4n) is 1.85. The first-order chi connectivity index (χ1) is 8.33. The minimum Gasteiger partial charge on any atom is -0.308 e. The second kappa shape index (κ2) is 4.30. The van der Waals surface area contributed by atoms with Gasteiger partial charge in [0.1, 0.15) is 12.1 Å². The van der Waals surface area contributed by atoms with Gasteiger partial charge < -0.3 is 5.32 Å². The molecular weight excluding hydrogens is 212 g/mol. The fraction of sp³-hybridized carbons (Fsp3) is 0.385. The topological polar surface area (TPSA) is 42.7 Å². The van der Waals surface area contributed by atoms with Gasteiger partial charge in [-0.05, 0) is 31.4 Å². The number of rotatable bonds is 4. The van der Waals surface area contributed by atoms with Crippen molar-refractivity contribution in [2.24, 2.45) is 0 Å². The molecule has 2 aromatic rings. The lowest BCUT2D eigenvalue weighted by Gasteiger charge is -2.03. The van der Waals surface area contributed by atoms with Gasteiger partial charge in [-0.25, -0.2) is 9.97 Å². The van der Waals surface area contributed by atoms with Gasteiger partial charge in [0.2, 0.25) is 0 Å². The Hall–Kier alpha value is -1.68. The van der Waals surface area contributed by atoms with E-state index in [4.69, 9.17) is 0 Å². The van der Waals surface area contributed by atoms with Crippen LogP contribution in [0.1, 0.15) is 24.1 Å². The van der Waals surface area contributed by atoms with Crippen LogP contribution in [0.25, 0.3) is 5.82 Å². The molecule has 1 fully saturated rings. The fourth-order valence-corrected chi connectivity index (χ4v) is 1.85. The normalized spacial score (nSPS) is 15.1. The van der Waals surface area contributed by atoms with Crippen LogP contribution in [0.3, 0.4) is 0 Å². The minimum atomic E-state index is 0.719. The maximum atomic E-state index is 4.39. The predicted octanol–water partition coefficient (Wildman–Crippen LogP) is 1.83. The molecule has 1 aliphatic carbocycles. The van der Waals surface area contributed by atoms with E-state index >= 15 is 0 Å². The zero-order valence-corrected chi connectivity index (χ0v) is 9.93. The molecule has 0 unspecified atom stereocenters. The Bertz CT molecular complexity index is 514. The van der Waals surface area contributed by atoms with Gasteiger partial charge in [-0.15, -0.1) is 0 Å². The van der Waals surface area contributed by atoms with E-state index in [1.54, 1.807) is 0 Å². The highest BCUT2D eigenvalue weighted by Crippen LogP contribution is 2.19. The van der Waals surface area contributed by atoms with Crippen LogP contribution < -0.4 is 5.32 Å². The molecule has 0 radical (unpaired) electrons. The number of aromatic nitrogens is 3. The Morgan fingerprint density at radius 1 is 1.41 bits per heavy atom. The molecule has 0 saturated heterocycles. The van der Waals surface area contributed by atoms with E-state index in [2.05, 4.69) is 28.3 Å². The van der Waals surface area contributed by atoms with Gasteiger partial charge in [0.25, 0.3) is 0 Å². The van der Waals surface area contributed by atoms with Gasteiger partial charge in [0.15, 0.2) is 0 Å². The predicted molar refractivity (Wildman–Crippen MR) is 66.0 cm³/mol. The Balaban J connectivity index is 1.77. The largest absolute Gasteiger partial charge is 0.308 e. The van der Waals surface area contributed by atoms with E-state index < -0.39 is 0 Å². The molecule has 1 N–H and O–H groups in total. The second-order valence-electron chi connectivity index (χ2n) is 4.57. The van der Waals surface area contributed by atoms with Crippen LogP contribution in [0, 0.1) is 6.92 Å². The molecule has 1 saturated carbocycles. The maximum Gasteiger partial charge on any atom is 0.140 e. The van der Waals surface area contributed by atoms with Crippen molar-refractivity contribution in [3.8, 4) is 5.82 Å². The van der Waals surface area contributed by atoms with Crippen LogP contribution in [-0.2, 0) is 6.54 Å². The van der Waals surface area contributed by atoms with Crippen LogP contribution in [0.15, 0.2) is 30.9 Å². The molecule has 1 aliphatic rings. The SMILES string of the molecule is Cc1cccnc1-n1cnc(CNC2CC2)c1. The van der Waals surface area contributed by atoms with Gasteiger partial charge in [0.05, 0.1) is 5.69 Å². The van der Waals surface area contributed by atoms with Gasteiger partial charge in [-0.3, -0.25) is 4.57 Å². The number of pyridine rings is 1. The third-order valence-corrected chi connectivity index (χ3v) is 3.01. The van der Waals surface area contributed by atoms with Crippen molar-refractivity contribution in [1.82, 2.24) is 19.9 Å². The van der Waals surface area contributed by atoms with E-state index in [-0.39, 0.29) is 0 Å². The zero-order valence-electron chi connectivity index (χ0n) is 9.93. The summed E-state index contributed by atoms with van der Waals surface area (Å²) in [6.07, 6.45) is 8.30. The smallest absolute Gasteiger partial charge is 0.140 e. The second-order valence-corrected chi connectivity index (χ2v) is 4.57. The molecular formula is C13H16N4. The lowest BCUT2D eigenvalue weighted by molar-refractivity contribution is 0.677. The van der Waals surface area contributed by atoms with E-state index in [0.29, 0.717) is 0 Å². The Morgan fingerprint density at radius 2 is 2.29 bits per heavy atom. The van der Waals surface area contributed by atoms with Crippen LogP contribution in [0.4, 0.5) is 0 Å². The molecule has 4 nitrogen and oxygen atoms in total. The van der Waals surface area contributed by atoms with Crippen LogP contribution in [-0.4, -0.2) is 20.6 Å². The monoisotopic (exact) mass is 228 g/mol. The number of imidazole rings is 1. The number of nitrogens with zero attached hydrogens (tertiary/aromatic N) is 3. The highest BCUT2D eigenvalue weighted by molar-refractivity contribution is 5.32. The lowest BCUT2D eigenvalue weighted by Crippen LogP contribution is -2.15. The van der Waals surface area contributed by atoms with Crippen LogP contribution in [0.5, 0.6) is 0 Å². The average Bonchev–Trinajstić information content (AvgIpc) is 3.06. The summed E-state index contributed by atoms with van der Waals surface area (Å²) in [4.78, 5) is 8.77. The van der Waals surface area contributed by atoms with Crippen molar-refractivity contribution in [3.05, 3.63) is 42.1 Å². The molecule has 17 heavy (non-hydrogen) atoms. The molecule has 0 bridgehead atoms. The molecule has 0 atom stereocenters. The summed E-state index contributed by atoms with van der Waals surface area (Å²) in [5.41, 5.74) is 2.23. The van der Waals surface area contributed by atoms with Crippen molar-refractivity contribution in [3.63, 3.8) is 0 Å². The van der Waals surface area contributed by atoms with E-state index in [9.17, 15) is 0 Å². The third-order valence-electron chi connectivity index (χ3n) is 3.01. The first-order valence-electron chi connectivity index (χ1n) is 6.01.